The van der Waals surface area contributed by atoms with Crippen LogP contribution in [0.25, 0.3) is 10.8 Å². The molecule has 3 nitrogen and oxygen atoms in total. The number of fused-ring (bicyclic) bond motifs is 1. The number of nitroso groups, excluding NO2 is 1. The molecule has 1 N–H and O–H groups in total. The number of hydrogen-bond acceptors (Lipinski definition) is 3. The molecule has 2 rings (SSSR count). The van der Waals surface area contributed by atoms with E-state index in [1.54, 1.807) is 0 Å². The van der Waals surface area contributed by atoms with Gasteiger partial charge >= 0.3 is 0 Å². The zero-order valence-electron chi connectivity index (χ0n) is 11.5. The van der Waals surface area contributed by atoms with Crippen molar-refractivity contribution in [3.05, 3.63) is 52.9 Å². The normalized spacial score (nSPS) is 11.7. The van der Waals surface area contributed by atoms with Crippen LogP contribution in [0.2, 0.25) is 0 Å². The lowest BCUT2D eigenvalue weighted by Crippen LogP contribution is -2.42. The van der Waals surface area contributed by atoms with E-state index in [-0.39, 0.29) is 5.54 Å². The van der Waals surface area contributed by atoms with Crippen LogP contribution in [0, 0.1) is 4.91 Å². The Kier molecular flexibility index (Phi) is 4.27. The van der Waals surface area contributed by atoms with Crippen LogP contribution < -0.4 is 5.32 Å². The van der Waals surface area contributed by atoms with Gasteiger partial charge in [0.25, 0.3) is 0 Å². The van der Waals surface area contributed by atoms with Crippen molar-refractivity contribution >= 4 is 10.8 Å². The molecule has 0 saturated carbocycles. The Morgan fingerprint density at radius 1 is 1.11 bits per heavy atom. The highest BCUT2D eigenvalue weighted by Gasteiger charge is 2.17. The molecule has 2 aromatic rings. The molecule has 0 radical (unpaired) electrons. The van der Waals surface area contributed by atoms with Crippen molar-refractivity contribution in [2.45, 2.75) is 25.8 Å². The van der Waals surface area contributed by atoms with Gasteiger partial charge < -0.3 is 5.32 Å². The molecule has 0 heterocycles. The summed E-state index contributed by atoms with van der Waals surface area (Å²) in [6.07, 6.45) is 0.927. The first-order valence-electron chi connectivity index (χ1n) is 6.62. The average Bonchev–Trinajstić information content (AvgIpc) is 2.38. The monoisotopic (exact) mass is 256 g/mol. The van der Waals surface area contributed by atoms with E-state index in [9.17, 15) is 4.91 Å². The van der Waals surface area contributed by atoms with Crippen LogP contribution in [-0.2, 0) is 6.42 Å². The molecule has 2 aromatic carbocycles. The summed E-state index contributed by atoms with van der Waals surface area (Å²) in [5, 5.41) is 8.77. The fourth-order valence-corrected chi connectivity index (χ4v) is 2.36. The third-order valence-electron chi connectivity index (χ3n) is 3.27. The fourth-order valence-electron chi connectivity index (χ4n) is 2.36. The van der Waals surface area contributed by atoms with E-state index in [2.05, 4.69) is 66.8 Å². The van der Waals surface area contributed by atoms with Gasteiger partial charge in [-0.3, -0.25) is 0 Å². The quantitative estimate of drug-likeness (QED) is 0.634. The van der Waals surface area contributed by atoms with Gasteiger partial charge in [0, 0.05) is 12.1 Å². The van der Waals surface area contributed by atoms with Crippen molar-refractivity contribution in [3.63, 3.8) is 0 Å². The van der Waals surface area contributed by atoms with Crippen LogP contribution in [0.15, 0.2) is 47.6 Å². The fraction of sp³-hybridized carbons (Fsp3) is 0.375. The molecule has 0 aromatic heterocycles. The van der Waals surface area contributed by atoms with E-state index in [1.165, 1.54) is 16.3 Å². The van der Waals surface area contributed by atoms with Crippen molar-refractivity contribution in [1.82, 2.24) is 5.32 Å². The second-order valence-electron chi connectivity index (χ2n) is 5.52. The summed E-state index contributed by atoms with van der Waals surface area (Å²) in [5.74, 6) is 0. The summed E-state index contributed by atoms with van der Waals surface area (Å²) in [7, 11) is 0. The molecule has 0 fully saturated rings. The van der Waals surface area contributed by atoms with Crippen molar-refractivity contribution < 1.29 is 0 Å². The first-order chi connectivity index (χ1) is 9.11. The molecule has 0 spiro atoms. The lowest BCUT2D eigenvalue weighted by molar-refractivity contribution is 0.392. The first kappa shape index (κ1) is 13.7. The van der Waals surface area contributed by atoms with E-state index < -0.39 is 0 Å². The third kappa shape index (κ3) is 3.86. The Morgan fingerprint density at radius 2 is 1.84 bits per heavy atom. The van der Waals surface area contributed by atoms with Gasteiger partial charge in [-0.1, -0.05) is 47.6 Å². The first-order valence-corrected chi connectivity index (χ1v) is 6.62. The van der Waals surface area contributed by atoms with Gasteiger partial charge in [-0.05, 0) is 36.6 Å². The van der Waals surface area contributed by atoms with Crippen molar-refractivity contribution in [3.8, 4) is 0 Å². The third-order valence-corrected chi connectivity index (χ3v) is 3.27. The van der Waals surface area contributed by atoms with Crippen LogP contribution in [0.1, 0.15) is 19.4 Å². The second-order valence-corrected chi connectivity index (χ2v) is 5.52. The standard InChI is InChI=1S/C16H20N2O/c1-16(2,17-9-10-18-19)12-13-7-8-14-5-3-4-6-15(14)11-13/h3-8,11,17H,9-10,12H2,1-2H3. The van der Waals surface area contributed by atoms with Gasteiger partial charge in [-0.25, -0.2) is 0 Å². The summed E-state index contributed by atoms with van der Waals surface area (Å²) >= 11 is 0. The van der Waals surface area contributed by atoms with Gasteiger partial charge in [-0.15, -0.1) is 0 Å². The zero-order valence-corrected chi connectivity index (χ0v) is 11.5. The topological polar surface area (TPSA) is 41.5 Å². The Bertz CT molecular complexity index is 563. The Hall–Kier alpha value is -1.74. The van der Waals surface area contributed by atoms with E-state index >= 15 is 0 Å². The van der Waals surface area contributed by atoms with E-state index in [1.807, 2.05) is 0 Å². The molecular formula is C16H20N2O. The maximum atomic E-state index is 10.1. The molecule has 0 unspecified atom stereocenters. The predicted molar refractivity (Wildman–Crippen MR) is 80.4 cm³/mol. The van der Waals surface area contributed by atoms with E-state index in [0.29, 0.717) is 13.1 Å². The van der Waals surface area contributed by atoms with Gasteiger partial charge in [0.15, 0.2) is 0 Å². The highest BCUT2D eigenvalue weighted by Crippen LogP contribution is 2.19. The van der Waals surface area contributed by atoms with Gasteiger partial charge in [0.05, 0.1) is 6.54 Å². The Morgan fingerprint density at radius 3 is 2.58 bits per heavy atom. The minimum atomic E-state index is -0.0346. The molecule has 0 atom stereocenters. The summed E-state index contributed by atoms with van der Waals surface area (Å²) in [6.45, 7) is 5.24. The number of nitrogens with one attached hydrogen (secondary N) is 1. The highest BCUT2D eigenvalue weighted by atomic mass is 16.3. The molecule has 0 saturated heterocycles. The van der Waals surface area contributed by atoms with Gasteiger partial charge in [-0.2, -0.15) is 4.91 Å². The number of hydrogen-bond donors (Lipinski definition) is 1. The molecule has 0 aliphatic rings. The number of rotatable bonds is 6. The van der Waals surface area contributed by atoms with Crippen LogP contribution in [0.4, 0.5) is 0 Å². The van der Waals surface area contributed by atoms with E-state index in [4.69, 9.17) is 0 Å². The average molecular weight is 256 g/mol. The molecule has 3 heteroatoms. The van der Waals surface area contributed by atoms with Crippen LogP contribution >= 0.6 is 0 Å². The SMILES string of the molecule is CC(C)(Cc1ccc2ccccc2c1)NCCN=O. The lowest BCUT2D eigenvalue weighted by atomic mass is 9.93. The summed E-state index contributed by atoms with van der Waals surface area (Å²) in [4.78, 5) is 10.1. The minimum Gasteiger partial charge on any atom is -0.309 e. The molecule has 0 bridgehead atoms. The van der Waals surface area contributed by atoms with Crippen molar-refractivity contribution in [2.24, 2.45) is 5.18 Å². The Labute approximate surface area is 114 Å². The number of nitrogens with zero attached hydrogens (tertiary/aromatic N) is 1. The molecule has 0 aliphatic carbocycles. The molecule has 0 aliphatic heterocycles. The molecule has 100 valence electrons. The minimum absolute atomic E-state index is 0.0346. The summed E-state index contributed by atoms with van der Waals surface area (Å²) in [6, 6.07) is 14.9. The maximum absolute atomic E-state index is 10.1. The maximum Gasteiger partial charge on any atom is 0.0935 e. The van der Waals surface area contributed by atoms with Crippen molar-refractivity contribution in [2.75, 3.05) is 13.1 Å². The van der Waals surface area contributed by atoms with Crippen LogP contribution in [0.3, 0.4) is 0 Å². The largest absolute Gasteiger partial charge is 0.309 e. The molecule has 19 heavy (non-hydrogen) atoms. The zero-order chi connectivity index (χ0) is 13.7. The summed E-state index contributed by atoms with van der Waals surface area (Å²) in [5.41, 5.74) is 1.27. The van der Waals surface area contributed by atoms with Gasteiger partial charge in [0.2, 0.25) is 0 Å². The van der Waals surface area contributed by atoms with Gasteiger partial charge in [0.1, 0.15) is 0 Å². The highest BCUT2D eigenvalue weighted by molar-refractivity contribution is 5.83. The Balaban J connectivity index is 2.09. The summed E-state index contributed by atoms with van der Waals surface area (Å²) < 4.78 is 0. The molecular weight excluding hydrogens is 236 g/mol. The predicted octanol–water partition coefficient (Wildman–Crippen LogP) is 3.52. The lowest BCUT2D eigenvalue weighted by Gasteiger charge is -2.26. The van der Waals surface area contributed by atoms with E-state index in [0.717, 1.165) is 6.42 Å². The van der Waals surface area contributed by atoms with Crippen molar-refractivity contribution in [1.29, 1.82) is 0 Å². The number of benzene rings is 2. The molecule has 0 amide bonds. The van der Waals surface area contributed by atoms with Crippen LogP contribution in [0.5, 0.6) is 0 Å². The second kappa shape index (κ2) is 5.93. The smallest absolute Gasteiger partial charge is 0.0935 e. The van der Waals surface area contributed by atoms with Crippen LogP contribution in [-0.4, -0.2) is 18.6 Å².